The first-order chi connectivity index (χ1) is 21.0. The summed E-state index contributed by atoms with van der Waals surface area (Å²) in [6.45, 7) is 2.09. The number of carbonyl (C=O) groups is 2. The molecule has 43 heavy (non-hydrogen) atoms. The van der Waals surface area contributed by atoms with Crippen LogP contribution >= 0.6 is 0 Å². The minimum absolute atomic E-state index is 0.0286. The predicted molar refractivity (Wildman–Crippen MR) is 164 cm³/mol. The molecule has 8 nitrogen and oxygen atoms in total. The molecule has 4 rings (SSSR count). The Balaban J connectivity index is 1.45. The third-order valence-electron chi connectivity index (χ3n) is 6.94. The molecule has 2 atom stereocenters. The van der Waals surface area contributed by atoms with Gasteiger partial charge in [0.05, 0.1) is 31.8 Å². The van der Waals surface area contributed by atoms with Crippen LogP contribution < -0.4 is 16.2 Å². The summed E-state index contributed by atoms with van der Waals surface area (Å²) in [6, 6.07) is 34.3. The lowest BCUT2D eigenvalue weighted by atomic mass is 9.91. The molecule has 4 N–H and O–H groups in total. The van der Waals surface area contributed by atoms with E-state index in [9.17, 15) is 20.0 Å². The molecule has 4 aromatic carbocycles. The molecule has 0 saturated heterocycles. The van der Waals surface area contributed by atoms with Crippen LogP contribution in [0.15, 0.2) is 109 Å². The highest BCUT2D eigenvalue weighted by Gasteiger charge is 2.26. The summed E-state index contributed by atoms with van der Waals surface area (Å²) in [5, 5.41) is 21.8. The lowest BCUT2D eigenvalue weighted by molar-refractivity contribution is -0.126. The topological polar surface area (TPSA) is 123 Å². The summed E-state index contributed by atoms with van der Waals surface area (Å²) in [5.41, 5.74) is 10.9. The zero-order chi connectivity index (χ0) is 30.4. The summed E-state index contributed by atoms with van der Waals surface area (Å²) >= 11 is 0. The van der Waals surface area contributed by atoms with Gasteiger partial charge in [0.15, 0.2) is 0 Å². The number of hydrogen-bond acceptors (Lipinski definition) is 6. The second-order valence-electron chi connectivity index (χ2n) is 10.3. The van der Waals surface area contributed by atoms with Gasteiger partial charge in [0.1, 0.15) is 12.1 Å². The van der Waals surface area contributed by atoms with Gasteiger partial charge >= 0.3 is 0 Å². The monoisotopic (exact) mass is 576 g/mol. The number of amides is 2. The molecule has 0 unspecified atom stereocenters. The molecule has 220 valence electrons. The van der Waals surface area contributed by atoms with Crippen molar-refractivity contribution in [3.8, 4) is 6.07 Å². The van der Waals surface area contributed by atoms with E-state index in [0.717, 1.165) is 33.4 Å². The van der Waals surface area contributed by atoms with E-state index in [1.165, 1.54) is 0 Å². The molecule has 0 bridgehead atoms. The Labute approximate surface area is 252 Å². The van der Waals surface area contributed by atoms with Crippen molar-refractivity contribution in [2.75, 3.05) is 6.61 Å². The maximum Gasteiger partial charge on any atom is 0.246 e. The van der Waals surface area contributed by atoms with Crippen molar-refractivity contribution >= 4 is 11.8 Å². The second-order valence-corrected chi connectivity index (χ2v) is 10.3. The van der Waals surface area contributed by atoms with E-state index in [-0.39, 0.29) is 32.1 Å². The van der Waals surface area contributed by atoms with Crippen LogP contribution in [0, 0.1) is 18.3 Å². The van der Waals surface area contributed by atoms with Crippen molar-refractivity contribution in [1.29, 1.82) is 5.26 Å². The van der Waals surface area contributed by atoms with Crippen molar-refractivity contribution in [3.63, 3.8) is 0 Å². The van der Waals surface area contributed by atoms with E-state index < -0.39 is 23.9 Å². The van der Waals surface area contributed by atoms with Gasteiger partial charge in [-0.15, -0.1) is 0 Å². The number of aliphatic hydroxyl groups is 1. The molecule has 0 aliphatic carbocycles. The molecule has 0 heterocycles. The molecule has 0 aliphatic heterocycles. The van der Waals surface area contributed by atoms with E-state index in [4.69, 9.17) is 4.74 Å². The quantitative estimate of drug-likeness (QED) is 0.168. The molecule has 0 aromatic heterocycles. The molecular formula is C35H36N4O4. The molecule has 0 aliphatic rings. The van der Waals surface area contributed by atoms with Gasteiger partial charge in [-0.05, 0) is 41.2 Å². The third kappa shape index (κ3) is 9.35. The Kier molecular flexibility index (Phi) is 11.6. The Morgan fingerprint density at radius 3 is 2.07 bits per heavy atom. The highest BCUT2D eigenvalue weighted by atomic mass is 16.5. The average Bonchev–Trinajstić information content (AvgIpc) is 3.03. The number of aliphatic hydroxyl groups excluding tert-OH is 1. The first-order valence-electron chi connectivity index (χ1n) is 14.1. The molecule has 8 heteroatoms. The highest BCUT2D eigenvalue weighted by Crippen LogP contribution is 2.24. The van der Waals surface area contributed by atoms with Crippen molar-refractivity contribution in [1.82, 2.24) is 16.2 Å². The molecule has 0 spiro atoms. The Morgan fingerprint density at radius 1 is 0.814 bits per heavy atom. The lowest BCUT2D eigenvalue weighted by Gasteiger charge is -2.23. The standard InChI is InChI=1S/C35H36N4O4/c1-25-10-8-11-26(18-25)20-32(34(41)37-31(21-36)24-43-23-28-13-9-12-27(19-28)22-40)38-39-35(42)33(29-14-4-2-5-15-29)30-16-6-3-7-17-30/h2-19,31-33,38,40H,20,22-24H2,1H3,(H,37,41)(H,39,42)/t31-,32+/m1/s1. The SMILES string of the molecule is Cc1cccc(C[C@H](NNC(=O)C(c2ccccc2)c2ccccc2)C(=O)N[C@H](C#N)COCc2cccc(CO)c2)c1. The van der Waals surface area contributed by atoms with Gasteiger partial charge in [-0.3, -0.25) is 15.0 Å². The average molecular weight is 577 g/mol. The fraction of sp³-hybridized carbons (Fsp3) is 0.229. The maximum absolute atomic E-state index is 13.6. The maximum atomic E-state index is 13.6. The van der Waals surface area contributed by atoms with E-state index in [1.807, 2.05) is 116 Å². The number of hydrogen-bond donors (Lipinski definition) is 4. The lowest BCUT2D eigenvalue weighted by Crippen LogP contribution is -2.55. The number of aryl methyl sites for hydroxylation is 1. The van der Waals surface area contributed by atoms with Gasteiger partial charge in [0, 0.05) is 0 Å². The van der Waals surface area contributed by atoms with Crippen molar-refractivity contribution in [2.45, 2.75) is 44.6 Å². The van der Waals surface area contributed by atoms with Crippen LogP contribution in [0.5, 0.6) is 0 Å². The zero-order valence-corrected chi connectivity index (χ0v) is 24.1. The van der Waals surface area contributed by atoms with Crippen LogP contribution in [0.2, 0.25) is 0 Å². The van der Waals surface area contributed by atoms with Gasteiger partial charge in [0.25, 0.3) is 0 Å². The number of nitrogens with zero attached hydrogens (tertiary/aromatic N) is 1. The normalized spacial score (nSPS) is 12.2. The largest absolute Gasteiger partial charge is 0.392 e. The Hall–Kier alpha value is -4.81. The fourth-order valence-electron chi connectivity index (χ4n) is 4.80. The van der Waals surface area contributed by atoms with Crippen LogP contribution in [0.4, 0.5) is 0 Å². The number of rotatable bonds is 14. The van der Waals surface area contributed by atoms with Crippen molar-refractivity contribution < 1.29 is 19.4 Å². The van der Waals surface area contributed by atoms with Crippen LogP contribution in [-0.2, 0) is 34.0 Å². The Morgan fingerprint density at radius 2 is 1.44 bits per heavy atom. The summed E-state index contributed by atoms with van der Waals surface area (Å²) in [4.78, 5) is 27.1. The van der Waals surface area contributed by atoms with Gasteiger partial charge < -0.3 is 15.2 Å². The third-order valence-corrected chi connectivity index (χ3v) is 6.94. The molecule has 0 fully saturated rings. The van der Waals surface area contributed by atoms with E-state index in [2.05, 4.69) is 22.2 Å². The van der Waals surface area contributed by atoms with Crippen LogP contribution in [0.25, 0.3) is 0 Å². The minimum Gasteiger partial charge on any atom is -0.392 e. The van der Waals surface area contributed by atoms with Gasteiger partial charge in [-0.25, -0.2) is 5.43 Å². The number of carbonyl (C=O) groups excluding carboxylic acids is 2. The summed E-state index contributed by atoms with van der Waals surface area (Å²) in [5.74, 6) is -1.36. The van der Waals surface area contributed by atoms with Crippen molar-refractivity contribution in [2.24, 2.45) is 0 Å². The molecule has 0 saturated carbocycles. The van der Waals surface area contributed by atoms with Crippen LogP contribution in [-0.4, -0.2) is 35.6 Å². The van der Waals surface area contributed by atoms with Gasteiger partial charge in [-0.2, -0.15) is 5.26 Å². The zero-order valence-electron chi connectivity index (χ0n) is 24.1. The molecule has 4 aromatic rings. The number of ether oxygens (including phenoxy) is 1. The number of nitrogens with one attached hydrogen (secondary N) is 3. The first kappa shape index (κ1) is 31.1. The smallest absolute Gasteiger partial charge is 0.246 e. The Bertz CT molecular complexity index is 1480. The number of benzene rings is 4. The number of nitriles is 1. The molecular weight excluding hydrogens is 540 g/mol. The second kappa shape index (κ2) is 16.0. The van der Waals surface area contributed by atoms with E-state index in [1.54, 1.807) is 0 Å². The van der Waals surface area contributed by atoms with Crippen molar-refractivity contribution in [3.05, 3.63) is 143 Å². The van der Waals surface area contributed by atoms with Gasteiger partial charge in [0.2, 0.25) is 11.8 Å². The van der Waals surface area contributed by atoms with Crippen LogP contribution in [0.3, 0.4) is 0 Å². The fourth-order valence-corrected chi connectivity index (χ4v) is 4.80. The van der Waals surface area contributed by atoms with Gasteiger partial charge in [-0.1, -0.05) is 115 Å². The summed E-state index contributed by atoms with van der Waals surface area (Å²) < 4.78 is 5.71. The summed E-state index contributed by atoms with van der Waals surface area (Å²) in [7, 11) is 0. The minimum atomic E-state index is -0.910. The van der Waals surface area contributed by atoms with E-state index >= 15 is 0 Å². The highest BCUT2D eigenvalue weighted by molar-refractivity contribution is 5.88. The molecule has 0 radical (unpaired) electrons. The number of hydrazine groups is 1. The molecule has 2 amide bonds. The summed E-state index contributed by atoms with van der Waals surface area (Å²) in [6.07, 6.45) is 0.280. The van der Waals surface area contributed by atoms with E-state index in [0.29, 0.717) is 0 Å². The van der Waals surface area contributed by atoms with Crippen LogP contribution in [0.1, 0.15) is 39.3 Å². The predicted octanol–water partition coefficient (Wildman–Crippen LogP) is 4.08. The first-order valence-corrected chi connectivity index (χ1v) is 14.1.